The summed E-state index contributed by atoms with van der Waals surface area (Å²) < 4.78 is 18.8. The Morgan fingerprint density at radius 1 is 1.00 bits per heavy atom. The second-order valence-corrected chi connectivity index (χ2v) is 14.2. The normalized spacial score (nSPS) is 25.9. The molecule has 2 aromatic rings. The zero-order chi connectivity index (χ0) is 19.4. The van der Waals surface area contributed by atoms with Gasteiger partial charge in [-0.25, -0.2) is 0 Å². The topological polar surface area (TPSA) is 27.7 Å². The van der Waals surface area contributed by atoms with E-state index in [1.807, 2.05) is 0 Å². The fourth-order valence-corrected chi connectivity index (χ4v) is 4.78. The van der Waals surface area contributed by atoms with Crippen molar-refractivity contribution in [3.05, 3.63) is 48.0 Å². The summed E-state index contributed by atoms with van der Waals surface area (Å²) in [5.74, 6) is -0.994. The van der Waals surface area contributed by atoms with Gasteiger partial charge in [-0.3, -0.25) is 0 Å². The van der Waals surface area contributed by atoms with Crippen molar-refractivity contribution in [2.24, 2.45) is 5.41 Å². The van der Waals surface area contributed by atoms with Crippen molar-refractivity contribution >= 4 is 19.1 Å². The second kappa shape index (κ2) is 6.16. The molecule has 2 unspecified atom stereocenters. The lowest BCUT2D eigenvalue weighted by Crippen LogP contribution is -2.68. The molecule has 26 heavy (non-hydrogen) atoms. The minimum Gasteiger partial charge on any atom is -0.368 e. The summed E-state index contributed by atoms with van der Waals surface area (Å²) in [5.41, 5.74) is 0.875. The molecule has 142 valence electrons. The Labute approximate surface area is 158 Å². The van der Waals surface area contributed by atoms with Crippen molar-refractivity contribution in [3.8, 4) is 0 Å². The Bertz CT molecular complexity index is 806. The summed E-state index contributed by atoms with van der Waals surface area (Å²) in [6, 6.07) is 14.9. The van der Waals surface area contributed by atoms with Crippen LogP contribution in [0.5, 0.6) is 0 Å². The first kappa shape index (κ1) is 19.6. The van der Waals surface area contributed by atoms with Crippen LogP contribution in [-0.2, 0) is 13.9 Å². The molecule has 1 aliphatic rings. The van der Waals surface area contributed by atoms with Gasteiger partial charge >= 0.3 is 0 Å². The third-order valence-corrected chi connectivity index (χ3v) is 10.6. The molecule has 2 aromatic carbocycles. The van der Waals surface area contributed by atoms with Crippen LogP contribution in [0.3, 0.4) is 0 Å². The molecule has 0 radical (unpaired) electrons. The van der Waals surface area contributed by atoms with E-state index in [1.54, 1.807) is 7.11 Å². The standard InChI is InChI=1S/C22H32O3Si/c1-20(2,3)26(7,8)25-22(23-6)21(4,5)19(24-22)18-14-13-16-11-9-10-12-17(16)15-18/h9-15,19H,1-8H3. The van der Waals surface area contributed by atoms with Crippen LogP contribution < -0.4 is 0 Å². The van der Waals surface area contributed by atoms with E-state index in [1.165, 1.54) is 16.3 Å². The van der Waals surface area contributed by atoms with E-state index in [2.05, 4.69) is 90.2 Å². The predicted molar refractivity (Wildman–Crippen MR) is 110 cm³/mol. The molecule has 1 heterocycles. The molecule has 0 saturated carbocycles. The molecule has 0 bridgehead atoms. The van der Waals surface area contributed by atoms with Crippen molar-refractivity contribution in [2.75, 3.05) is 7.11 Å². The average Bonchev–Trinajstić information content (AvgIpc) is 2.56. The molecule has 1 aliphatic heterocycles. The van der Waals surface area contributed by atoms with Gasteiger partial charge in [0, 0.05) is 7.11 Å². The first-order chi connectivity index (χ1) is 11.9. The molecular weight excluding hydrogens is 340 g/mol. The van der Waals surface area contributed by atoms with Gasteiger partial charge in [-0.1, -0.05) is 57.2 Å². The molecule has 4 heteroatoms. The zero-order valence-corrected chi connectivity index (χ0v) is 18.3. The number of hydrogen-bond acceptors (Lipinski definition) is 3. The second-order valence-electron chi connectivity index (χ2n) is 9.45. The molecule has 3 nitrogen and oxygen atoms in total. The predicted octanol–water partition coefficient (Wildman–Crippen LogP) is 6.26. The van der Waals surface area contributed by atoms with E-state index in [9.17, 15) is 0 Å². The first-order valence-corrected chi connectivity index (χ1v) is 12.3. The van der Waals surface area contributed by atoms with Crippen LogP contribution in [0, 0.1) is 5.41 Å². The highest BCUT2D eigenvalue weighted by Crippen LogP contribution is 2.61. The van der Waals surface area contributed by atoms with E-state index >= 15 is 0 Å². The first-order valence-electron chi connectivity index (χ1n) is 9.35. The average molecular weight is 373 g/mol. The molecular formula is C22H32O3Si. The van der Waals surface area contributed by atoms with Crippen molar-refractivity contribution in [3.63, 3.8) is 0 Å². The van der Waals surface area contributed by atoms with Gasteiger partial charge in [0.1, 0.15) is 6.10 Å². The van der Waals surface area contributed by atoms with Gasteiger partial charge in [0.05, 0.1) is 5.41 Å². The van der Waals surface area contributed by atoms with E-state index in [0.29, 0.717) is 0 Å². The van der Waals surface area contributed by atoms with Gasteiger partial charge in [-0.2, -0.15) is 0 Å². The highest BCUT2D eigenvalue weighted by atomic mass is 28.4. The summed E-state index contributed by atoms with van der Waals surface area (Å²) >= 11 is 0. The maximum absolute atomic E-state index is 6.62. The highest BCUT2D eigenvalue weighted by molar-refractivity contribution is 6.74. The molecule has 0 aliphatic carbocycles. The molecule has 0 N–H and O–H groups in total. The smallest absolute Gasteiger partial charge is 0.282 e. The monoisotopic (exact) mass is 372 g/mol. The van der Waals surface area contributed by atoms with Gasteiger partial charge in [0.2, 0.25) is 0 Å². The molecule has 1 saturated heterocycles. The van der Waals surface area contributed by atoms with Crippen LogP contribution in [0.15, 0.2) is 42.5 Å². The third kappa shape index (κ3) is 2.93. The number of hydrogen-bond donors (Lipinski definition) is 0. The maximum Gasteiger partial charge on any atom is 0.282 e. The molecule has 0 spiro atoms. The Hall–Kier alpha value is -1.20. The van der Waals surface area contributed by atoms with E-state index < -0.39 is 14.3 Å². The Kier molecular flexibility index (Phi) is 4.64. The van der Waals surface area contributed by atoms with Crippen LogP contribution in [0.4, 0.5) is 0 Å². The Morgan fingerprint density at radius 3 is 2.15 bits per heavy atom. The van der Waals surface area contributed by atoms with Crippen molar-refractivity contribution < 1.29 is 13.9 Å². The molecule has 0 aromatic heterocycles. The number of benzene rings is 2. The fourth-order valence-electron chi connectivity index (χ4n) is 3.41. The fraction of sp³-hybridized carbons (Fsp3) is 0.545. The number of rotatable bonds is 4. The van der Waals surface area contributed by atoms with E-state index in [0.717, 1.165) is 0 Å². The lowest BCUT2D eigenvalue weighted by molar-refractivity contribution is -0.499. The van der Waals surface area contributed by atoms with Gasteiger partial charge in [-0.05, 0) is 54.4 Å². The lowest BCUT2D eigenvalue weighted by Gasteiger charge is -2.61. The van der Waals surface area contributed by atoms with Crippen molar-refractivity contribution in [1.29, 1.82) is 0 Å². The largest absolute Gasteiger partial charge is 0.368 e. The van der Waals surface area contributed by atoms with Gasteiger partial charge in [0.25, 0.3) is 5.97 Å². The number of ether oxygens (including phenoxy) is 2. The van der Waals surface area contributed by atoms with E-state index in [-0.39, 0.29) is 16.6 Å². The third-order valence-electron chi connectivity index (χ3n) is 6.26. The highest BCUT2D eigenvalue weighted by Gasteiger charge is 2.67. The maximum atomic E-state index is 6.62. The Balaban J connectivity index is 1.91. The lowest BCUT2D eigenvalue weighted by atomic mass is 9.74. The van der Waals surface area contributed by atoms with Gasteiger partial charge in [-0.15, -0.1) is 0 Å². The number of fused-ring (bicyclic) bond motifs is 1. The van der Waals surface area contributed by atoms with Crippen molar-refractivity contribution in [2.45, 2.75) is 64.8 Å². The summed E-state index contributed by atoms with van der Waals surface area (Å²) in [4.78, 5) is 0. The quantitative estimate of drug-likeness (QED) is 0.468. The summed E-state index contributed by atoms with van der Waals surface area (Å²) in [7, 11) is -0.358. The molecule has 0 amide bonds. The van der Waals surface area contributed by atoms with Gasteiger partial charge < -0.3 is 13.9 Å². The molecule has 2 atom stereocenters. The van der Waals surface area contributed by atoms with Crippen LogP contribution in [0.1, 0.15) is 46.3 Å². The summed E-state index contributed by atoms with van der Waals surface area (Å²) in [6.07, 6.45) is -0.0585. The minimum atomic E-state index is -2.04. The Morgan fingerprint density at radius 2 is 1.62 bits per heavy atom. The van der Waals surface area contributed by atoms with E-state index in [4.69, 9.17) is 13.9 Å². The van der Waals surface area contributed by atoms with Crippen LogP contribution in [0.25, 0.3) is 10.8 Å². The summed E-state index contributed by atoms with van der Waals surface area (Å²) in [6.45, 7) is 15.5. The number of methoxy groups -OCH3 is 1. The minimum absolute atomic E-state index is 0.0585. The molecule has 1 fully saturated rings. The molecule has 3 rings (SSSR count). The van der Waals surface area contributed by atoms with Crippen LogP contribution >= 0.6 is 0 Å². The van der Waals surface area contributed by atoms with Gasteiger partial charge in [0.15, 0.2) is 8.32 Å². The van der Waals surface area contributed by atoms with Crippen molar-refractivity contribution in [1.82, 2.24) is 0 Å². The summed E-state index contributed by atoms with van der Waals surface area (Å²) in [5, 5.41) is 2.56. The van der Waals surface area contributed by atoms with Crippen LogP contribution in [0.2, 0.25) is 18.1 Å². The zero-order valence-electron chi connectivity index (χ0n) is 17.3. The SMILES string of the molecule is COC1(O[Si](C)(C)C(C)(C)C)OC(c2ccc3ccccc3c2)C1(C)C. The van der Waals surface area contributed by atoms with Crippen LogP contribution in [-0.4, -0.2) is 21.4 Å².